The molecular formula is C12H19N3O. The molecule has 1 atom stereocenters. The minimum absolute atomic E-state index is 0.626. The van der Waals surface area contributed by atoms with Gasteiger partial charge in [-0.05, 0) is 25.7 Å². The maximum Gasteiger partial charge on any atom is 0.147 e. The van der Waals surface area contributed by atoms with Crippen LogP contribution in [-0.2, 0) is 4.74 Å². The molecule has 4 nitrogen and oxygen atoms in total. The van der Waals surface area contributed by atoms with Crippen LogP contribution in [-0.4, -0.2) is 36.8 Å². The summed E-state index contributed by atoms with van der Waals surface area (Å²) in [6.07, 6.45) is 6.03. The van der Waals surface area contributed by atoms with Crippen LogP contribution < -0.4 is 4.90 Å². The average Bonchev–Trinajstić information content (AvgIpc) is 2.30. The molecule has 0 bridgehead atoms. The summed E-state index contributed by atoms with van der Waals surface area (Å²) in [6.45, 7) is 4.76. The molecule has 0 N–H and O–H groups in total. The monoisotopic (exact) mass is 221 g/mol. The summed E-state index contributed by atoms with van der Waals surface area (Å²) in [4.78, 5) is 10.8. The molecule has 0 spiro atoms. The zero-order valence-electron chi connectivity index (χ0n) is 10.0. The molecule has 1 aromatic heterocycles. The Balaban J connectivity index is 1.94. The fraction of sp³-hybridized carbons (Fsp3) is 0.667. The third kappa shape index (κ3) is 2.92. The summed E-state index contributed by atoms with van der Waals surface area (Å²) in [7, 11) is 2.07. The Morgan fingerprint density at radius 2 is 2.38 bits per heavy atom. The van der Waals surface area contributed by atoms with Gasteiger partial charge in [0, 0.05) is 26.4 Å². The SMILES string of the molecule is Cc1cncc(N(C)CC2CCCOC2)n1. The number of hydrogen-bond acceptors (Lipinski definition) is 4. The lowest BCUT2D eigenvalue weighted by molar-refractivity contribution is 0.0576. The van der Waals surface area contributed by atoms with Gasteiger partial charge in [0.05, 0.1) is 18.5 Å². The highest BCUT2D eigenvalue weighted by Gasteiger charge is 2.16. The van der Waals surface area contributed by atoms with Gasteiger partial charge in [0.1, 0.15) is 5.82 Å². The zero-order valence-corrected chi connectivity index (χ0v) is 10.0. The molecule has 0 amide bonds. The van der Waals surface area contributed by atoms with Crippen LogP contribution in [0.5, 0.6) is 0 Å². The van der Waals surface area contributed by atoms with Crippen LogP contribution >= 0.6 is 0 Å². The fourth-order valence-electron chi connectivity index (χ4n) is 2.07. The molecule has 0 radical (unpaired) electrons. The normalized spacial score (nSPS) is 20.8. The van der Waals surface area contributed by atoms with Crippen molar-refractivity contribution in [2.45, 2.75) is 19.8 Å². The van der Waals surface area contributed by atoms with E-state index in [2.05, 4.69) is 21.9 Å². The highest BCUT2D eigenvalue weighted by atomic mass is 16.5. The summed E-state index contributed by atoms with van der Waals surface area (Å²) in [5, 5.41) is 0. The van der Waals surface area contributed by atoms with Crippen LogP contribution in [0.15, 0.2) is 12.4 Å². The third-order valence-electron chi connectivity index (χ3n) is 2.92. The molecule has 1 aliphatic heterocycles. The van der Waals surface area contributed by atoms with Gasteiger partial charge in [0.15, 0.2) is 0 Å². The summed E-state index contributed by atoms with van der Waals surface area (Å²) >= 11 is 0. The topological polar surface area (TPSA) is 38.2 Å². The molecule has 2 heterocycles. The Morgan fingerprint density at radius 1 is 1.50 bits per heavy atom. The fourth-order valence-corrected chi connectivity index (χ4v) is 2.07. The molecule has 2 rings (SSSR count). The second-order valence-corrected chi connectivity index (χ2v) is 4.48. The van der Waals surface area contributed by atoms with Gasteiger partial charge in [-0.15, -0.1) is 0 Å². The van der Waals surface area contributed by atoms with Crippen molar-refractivity contribution in [3.8, 4) is 0 Å². The van der Waals surface area contributed by atoms with Crippen molar-refractivity contribution in [3.05, 3.63) is 18.1 Å². The second-order valence-electron chi connectivity index (χ2n) is 4.48. The van der Waals surface area contributed by atoms with Crippen molar-refractivity contribution in [3.63, 3.8) is 0 Å². The van der Waals surface area contributed by atoms with Crippen LogP contribution in [0.4, 0.5) is 5.82 Å². The number of anilines is 1. The van der Waals surface area contributed by atoms with Crippen LogP contribution in [0, 0.1) is 12.8 Å². The van der Waals surface area contributed by atoms with Gasteiger partial charge in [0.25, 0.3) is 0 Å². The van der Waals surface area contributed by atoms with E-state index in [9.17, 15) is 0 Å². The van der Waals surface area contributed by atoms with E-state index in [4.69, 9.17) is 4.74 Å². The lowest BCUT2D eigenvalue weighted by atomic mass is 10.0. The standard InChI is InChI=1S/C12H19N3O/c1-10-6-13-7-12(14-10)15(2)8-11-4-3-5-16-9-11/h6-7,11H,3-5,8-9H2,1-2H3. The summed E-state index contributed by atoms with van der Waals surface area (Å²) in [5.74, 6) is 1.58. The van der Waals surface area contributed by atoms with E-state index in [1.54, 1.807) is 6.20 Å². The smallest absolute Gasteiger partial charge is 0.147 e. The number of rotatable bonds is 3. The Morgan fingerprint density at radius 3 is 3.06 bits per heavy atom. The van der Waals surface area contributed by atoms with Crippen molar-refractivity contribution < 1.29 is 4.74 Å². The first-order valence-corrected chi connectivity index (χ1v) is 5.83. The van der Waals surface area contributed by atoms with E-state index >= 15 is 0 Å². The highest BCUT2D eigenvalue weighted by Crippen LogP contribution is 2.17. The first-order chi connectivity index (χ1) is 7.75. The van der Waals surface area contributed by atoms with Crippen LogP contribution in [0.2, 0.25) is 0 Å². The molecule has 1 aromatic rings. The Hall–Kier alpha value is -1.16. The number of ether oxygens (including phenoxy) is 1. The molecule has 1 fully saturated rings. The first kappa shape index (κ1) is 11.3. The Labute approximate surface area is 96.7 Å². The van der Waals surface area contributed by atoms with Crippen molar-refractivity contribution in [2.75, 3.05) is 31.7 Å². The number of aromatic nitrogens is 2. The Kier molecular flexibility index (Phi) is 3.72. The molecule has 16 heavy (non-hydrogen) atoms. The van der Waals surface area contributed by atoms with Crippen molar-refractivity contribution >= 4 is 5.82 Å². The highest BCUT2D eigenvalue weighted by molar-refractivity contribution is 5.34. The number of nitrogens with zero attached hydrogens (tertiary/aromatic N) is 3. The van der Waals surface area contributed by atoms with Crippen LogP contribution in [0.1, 0.15) is 18.5 Å². The van der Waals surface area contributed by atoms with E-state index < -0.39 is 0 Å². The lowest BCUT2D eigenvalue weighted by Crippen LogP contribution is -2.31. The van der Waals surface area contributed by atoms with E-state index in [1.165, 1.54) is 12.8 Å². The van der Waals surface area contributed by atoms with Gasteiger partial charge < -0.3 is 9.64 Å². The molecule has 1 saturated heterocycles. The minimum Gasteiger partial charge on any atom is -0.381 e. The second kappa shape index (κ2) is 5.25. The molecule has 1 aliphatic rings. The predicted octanol–water partition coefficient (Wildman–Crippen LogP) is 1.65. The zero-order chi connectivity index (χ0) is 11.4. The summed E-state index contributed by atoms with van der Waals surface area (Å²) in [6, 6.07) is 0. The van der Waals surface area contributed by atoms with Gasteiger partial charge in [-0.2, -0.15) is 0 Å². The van der Waals surface area contributed by atoms with Crippen molar-refractivity contribution in [2.24, 2.45) is 5.92 Å². The molecular weight excluding hydrogens is 202 g/mol. The molecule has 4 heteroatoms. The van der Waals surface area contributed by atoms with E-state index in [-0.39, 0.29) is 0 Å². The predicted molar refractivity (Wildman–Crippen MR) is 63.6 cm³/mol. The van der Waals surface area contributed by atoms with Gasteiger partial charge in [-0.25, -0.2) is 4.98 Å². The molecule has 0 aromatic carbocycles. The van der Waals surface area contributed by atoms with Crippen molar-refractivity contribution in [1.82, 2.24) is 9.97 Å². The molecule has 0 saturated carbocycles. The third-order valence-corrected chi connectivity index (χ3v) is 2.92. The van der Waals surface area contributed by atoms with Gasteiger partial charge in [-0.3, -0.25) is 4.98 Å². The first-order valence-electron chi connectivity index (χ1n) is 5.83. The lowest BCUT2D eigenvalue weighted by Gasteiger charge is -2.27. The average molecular weight is 221 g/mol. The van der Waals surface area contributed by atoms with Crippen LogP contribution in [0.25, 0.3) is 0 Å². The van der Waals surface area contributed by atoms with E-state index in [0.29, 0.717) is 5.92 Å². The molecule has 88 valence electrons. The van der Waals surface area contributed by atoms with Gasteiger partial charge in [-0.1, -0.05) is 0 Å². The number of aryl methyl sites for hydroxylation is 1. The van der Waals surface area contributed by atoms with Crippen molar-refractivity contribution in [1.29, 1.82) is 0 Å². The number of hydrogen-bond donors (Lipinski definition) is 0. The maximum atomic E-state index is 5.48. The summed E-state index contributed by atoms with van der Waals surface area (Å²) in [5.41, 5.74) is 0.962. The molecule has 0 aliphatic carbocycles. The summed E-state index contributed by atoms with van der Waals surface area (Å²) < 4.78 is 5.48. The van der Waals surface area contributed by atoms with Crippen LogP contribution in [0.3, 0.4) is 0 Å². The van der Waals surface area contributed by atoms with Gasteiger partial charge in [0.2, 0.25) is 0 Å². The largest absolute Gasteiger partial charge is 0.381 e. The maximum absolute atomic E-state index is 5.48. The minimum atomic E-state index is 0.626. The van der Waals surface area contributed by atoms with E-state index in [1.807, 2.05) is 13.1 Å². The van der Waals surface area contributed by atoms with Gasteiger partial charge >= 0.3 is 0 Å². The quantitative estimate of drug-likeness (QED) is 0.778. The van der Waals surface area contributed by atoms with E-state index in [0.717, 1.165) is 31.3 Å². The Bertz CT molecular complexity index is 337. The molecule has 1 unspecified atom stereocenters.